The summed E-state index contributed by atoms with van der Waals surface area (Å²) < 4.78 is 5.42. The standard InChI is InChI=1S/C15H22N2O3/c1-2-20-10-12-6-4-3-5-11(12)8-17-15(19)14-7-13(18)9-16-14/h3-6,13-14,16,18H,2,7-10H2,1H3,(H,17,19)/t13-,14-/m1/s1. The van der Waals surface area contributed by atoms with E-state index in [9.17, 15) is 9.90 Å². The highest BCUT2D eigenvalue weighted by atomic mass is 16.5. The van der Waals surface area contributed by atoms with Crippen molar-refractivity contribution in [2.45, 2.75) is 38.6 Å². The Hall–Kier alpha value is -1.43. The number of ether oxygens (including phenoxy) is 1. The van der Waals surface area contributed by atoms with Gasteiger partial charge in [0.2, 0.25) is 5.91 Å². The van der Waals surface area contributed by atoms with Crippen molar-refractivity contribution < 1.29 is 14.6 Å². The van der Waals surface area contributed by atoms with Crippen LogP contribution in [0, 0.1) is 0 Å². The number of nitrogens with one attached hydrogen (secondary N) is 2. The Morgan fingerprint density at radius 1 is 1.45 bits per heavy atom. The molecule has 1 aliphatic rings. The van der Waals surface area contributed by atoms with Crippen LogP contribution in [-0.2, 0) is 22.7 Å². The van der Waals surface area contributed by atoms with Crippen molar-refractivity contribution in [3.8, 4) is 0 Å². The van der Waals surface area contributed by atoms with Crippen LogP contribution in [0.5, 0.6) is 0 Å². The number of hydrogen-bond donors (Lipinski definition) is 3. The van der Waals surface area contributed by atoms with Gasteiger partial charge in [0, 0.05) is 19.7 Å². The van der Waals surface area contributed by atoms with E-state index < -0.39 is 6.10 Å². The quantitative estimate of drug-likeness (QED) is 0.711. The summed E-state index contributed by atoms with van der Waals surface area (Å²) in [7, 11) is 0. The van der Waals surface area contributed by atoms with Crippen LogP contribution in [0.2, 0.25) is 0 Å². The Morgan fingerprint density at radius 3 is 2.85 bits per heavy atom. The first-order chi connectivity index (χ1) is 9.70. The molecular weight excluding hydrogens is 256 g/mol. The summed E-state index contributed by atoms with van der Waals surface area (Å²) in [6.07, 6.45) is 0.0582. The van der Waals surface area contributed by atoms with Crippen LogP contribution in [0.15, 0.2) is 24.3 Å². The van der Waals surface area contributed by atoms with Gasteiger partial charge < -0.3 is 20.5 Å². The molecule has 1 saturated heterocycles. The lowest BCUT2D eigenvalue weighted by atomic mass is 10.1. The highest BCUT2D eigenvalue weighted by Crippen LogP contribution is 2.11. The van der Waals surface area contributed by atoms with Crippen LogP contribution >= 0.6 is 0 Å². The average molecular weight is 278 g/mol. The van der Waals surface area contributed by atoms with Crippen molar-refractivity contribution in [3.63, 3.8) is 0 Å². The topological polar surface area (TPSA) is 70.6 Å². The minimum Gasteiger partial charge on any atom is -0.392 e. The Morgan fingerprint density at radius 2 is 2.20 bits per heavy atom. The fraction of sp³-hybridized carbons (Fsp3) is 0.533. The van der Waals surface area contributed by atoms with Crippen LogP contribution in [0.3, 0.4) is 0 Å². The van der Waals surface area contributed by atoms with Crippen molar-refractivity contribution >= 4 is 5.91 Å². The summed E-state index contributed by atoms with van der Waals surface area (Å²) >= 11 is 0. The third kappa shape index (κ3) is 4.03. The number of β-amino-alcohol motifs (C(OH)–C–C–N with tert-alkyl or cyclic N) is 1. The molecule has 110 valence electrons. The van der Waals surface area contributed by atoms with Crippen molar-refractivity contribution in [1.29, 1.82) is 0 Å². The molecule has 0 radical (unpaired) electrons. The molecular formula is C15H22N2O3. The Kier molecular flexibility index (Phi) is 5.52. The molecule has 1 amide bonds. The van der Waals surface area contributed by atoms with Crippen LogP contribution in [0.4, 0.5) is 0 Å². The maximum Gasteiger partial charge on any atom is 0.237 e. The van der Waals surface area contributed by atoms with Crippen LogP contribution < -0.4 is 10.6 Å². The Bertz CT molecular complexity index is 450. The number of carbonyl (C=O) groups excluding carboxylic acids is 1. The molecule has 5 heteroatoms. The minimum absolute atomic E-state index is 0.0623. The van der Waals surface area contributed by atoms with Crippen LogP contribution in [0.1, 0.15) is 24.5 Å². The van der Waals surface area contributed by atoms with E-state index in [-0.39, 0.29) is 11.9 Å². The summed E-state index contributed by atoms with van der Waals surface area (Å²) in [6.45, 7) is 4.16. The lowest BCUT2D eigenvalue weighted by Gasteiger charge is -2.13. The second-order valence-corrected chi connectivity index (χ2v) is 4.97. The number of amides is 1. The van der Waals surface area contributed by atoms with Gasteiger partial charge in [0.25, 0.3) is 0 Å². The molecule has 0 aromatic heterocycles. The SMILES string of the molecule is CCOCc1ccccc1CNC(=O)[C@H]1C[C@@H](O)CN1. The molecule has 3 N–H and O–H groups in total. The second-order valence-electron chi connectivity index (χ2n) is 4.97. The molecule has 1 heterocycles. The van der Waals surface area contributed by atoms with Gasteiger partial charge in [-0.15, -0.1) is 0 Å². The Labute approximate surface area is 119 Å². The molecule has 2 atom stereocenters. The molecule has 2 rings (SSSR count). The highest BCUT2D eigenvalue weighted by Gasteiger charge is 2.27. The number of carbonyl (C=O) groups is 1. The van der Waals surface area contributed by atoms with E-state index in [1.807, 2.05) is 31.2 Å². The van der Waals surface area contributed by atoms with Gasteiger partial charge in [-0.25, -0.2) is 0 Å². The summed E-state index contributed by atoms with van der Waals surface area (Å²) in [6, 6.07) is 7.63. The van der Waals surface area contributed by atoms with E-state index >= 15 is 0 Å². The normalized spacial score (nSPS) is 21.9. The molecule has 20 heavy (non-hydrogen) atoms. The van der Waals surface area contributed by atoms with Gasteiger partial charge in [0.05, 0.1) is 18.8 Å². The van der Waals surface area contributed by atoms with Crippen LogP contribution in [0.25, 0.3) is 0 Å². The third-order valence-electron chi connectivity index (χ3n) is 3.46. The lowest BCUT2D eigenvalue weighted by Crippen LogP contribution is -2.40. The predicted molar refractivity (Wildman–Crippen MR) is 76.0 cm³/mol. The molecule has 0 spiro atoms. The largest absolute Gasteiger partial charge is 0.392 e. The third-order valence-corrected chi connectivity index (χ3v) is 3.46. The molecule has 1 fully saturated rings. The van der Waals surface area contributed by atoms with Gasteiger partial charge in [-0.2, -0.15) is 0 Å². The van der Waals surface area contributed by atoms with Gasteiger partial charge in [-0.05, 0) is 24.5 Å². The first kappa shape index (κ1) is 15.0. The fourth-order valence-corrected chi connectivity index (χ4v) is 2.31. The molecule has 1 aromatic rings. The number of benzene rings is 1. The molecule has 0 unspecified atom stereocenters. The number of aliphatic hydroxyl groups excluding tert-OH is 1. The van der Waals surface area contributed by atoms with Gasteiger partial charge >= 0.3 is 0 Å². The van der Waals surface area contributed by atoms with Gasteiger partial charge in [0.1, 0.15) is 0 Å². The van der Waals surface area contributed by atoms with Crippen molar-refractivity contribution in [2.24, 2.45) is 0 Å². The summed E-state index contributed by atoms with van der Waals surface area (Å²) in [4.78, 5) is 12.0. The van der Waals surface area contributed by atoms with E-state index in [0.717, 1.165) is 11.1 Å². The number of rotatable bonds is 6. The van der Waals surface area contributed by atoms with E-state index in [2.05, 4.69) is 10.6 Å². The summed E-state index contributed by atoms with van der Waals surface area (Å²) in [5.74, 6) is -0.0623. The van der Waals surface area contributed by atoms with E-state index in [1.54, 1.807) is 0 Å². The zero-order valence-corrected chi connectivity index (χ0v) is 11.8. The molecule has 1 aliphatic heterocycles. The van der Waals surface area contributed by atoms with Crippen molar-refractivity contribution in [2.75, 3.05) is 13.2 Å². The number of aliphatic hydroxyl groups is 1. The van der Waals surface area contributed by atoms with Crippen LogP contribution in [-0.4, -0.2) is 36.3 Å². The first-order valence-corrected chi connectivity index (χ1v) is 7.04. The molecule has 1 aromatic carbocycles. The smallest absolute Gasteiger partial charge is 0.237 e. The molecule has 0 bridgehead atoms. The summed E-state index contributed by atoms with van der Waals surface area (Å²) in [5, 5.41) is 15.3. The zero-order valence-electron chi connectivity index (χ0n) is 11.8. The zero-order chi connectivity index (χ0) is 14.4. The maximum atomic E-state index is 12.0. The highest BCUT2D eigenvalue weighted by molar-refractivity contribution is 5.82. The van der Waals surface area contributed by atoms with Crippen molar-refractivity contribution in [3.05, 3.63) is 35.4 Å². The van der Waals surface area contributed by atoms with Crippen molar-refractivity contribution in [1.82, 2.24) is 10.6 Å². The average Bonchev–Trinajstić information content (AvgIpc) is 2.90. The van der Waals surface area contributed by atoms with Gasteiger partial charge in [-0.1, -0.05) is 24.3 Å². The molecule has 0 aliphatic carbocycles. The van der Waals surface area contributed by atoms with Gasteiger partial charge in [-0.3, -0.25) is 4.79 Å². The number of hydrogen-bond acceptors (Lipinski definition) is 4. The Balaban J connectivity index is 1.88. The van der Waals surface area contributed by atoms with E-state index in [1.165, 1.54) is 0 Å². The predicted octanol–water partition coefficient (Wildman–Crippen LogP) is 0.562. The molecule has 5 nitrogen and oxygen atoms in total. The van der Waals surface area contributed by atoms with Gasteiger partial charge in [0.15, 0.2) is 0 Å². The minimum atomic E-state index is -0.420. The molecule has 0 saturated carbocycles. The monoisotopic (exact) mass is 278 g/mol. The summed E-state index contributed by atoms with van der Waals surface area (Å²) in [5.41, 5.74) is 2.15. The lowest BCUT2D eigenvalue weighted by molar-refractivity contribution is -0.123. The van der Waals surface area contributed by atoms with E-state index in [0.29, 0.717) is 32.7 Å². The fourth-order valence-electron chi connectivity index (χ4n) is 2.31. The second kappa shape index (κ2) is 7.38. The van der Waals surface area contributed by atoms with E-state index in [4.69, 9.17) is 4.74 Å². The maximum absolute atomic E-state index is 12.0. The first-order valence-electron chi connectivity index (χ1n) is 7.04.